The topological polar surface area (TPSA) is 558 Å². The van der Waals surface area contributed by atoms with Crippen molar-refractivity contribution < 1.29 is 187 Å². The van der Waals surface area contributed by atoms with Crippen LogP contribution >= 0.6 is 82.1 Å². The number of β-amino-alcohol motifs (C(OH)–C–C–N with tert-alkyl or cyclic N) is 7. The maximum Gasteiger partial charge on any atom is 0.270 e. The van der Waals surface area contributed by atoms with Gasteiger partial charge >= 0.3 is 0 Å². The predicted molar refractivity (Wildman–Crippen MR) is 575 cm³/mol. The number of ether oxygens (including phenoxy) is 14. The average Bonchev–Trinajstić information content (AvgIpc) is 1.32. The summed E-state index contributed by atoms with van der Waals surface area (Å²) in [7, 11) is 0. The third-order valence-corrected chi connectivity index (χ3v) is 21.7. The standard InChI is InChI=1S/7C13H24N4O3S/c7*1-13(2,3)14-8-10(18)9-20-12-11(15-21-16-12)17-4-6-19-7-5-17/h7*10,14,18H,4-9H2,1-3H3/t7*10-/m0000000/s1/i1D3,2D3,8D2,9D2,10D;1D3,2D3,9D2,10D;1D3,2D3,8D2,10D;1D3,2D3,8D2,9D2;1D3,2D3,10D;1D3,2D3,9D2;1D3,2D3,8D2. The number of aromatic nitrogens is 14. The molecule has 56 heteroatoms. The minimum Gasteiger partial charge on any atom is -0.472 e. The molecule has 14 rings (SSSR count). The van der Waals surface area contributed by atoms with E-state index in [2.05, 4.69) is 77.2 Å². The van der Waals surface area contributed by atoms with Crippen LogP contribution in [0.25, 0.3) is 0 Å². The third-order valence-electron chi connectivity index (χ3n) is 18.2. The number of hydrogen-bond acceptors (Lipinski definition) is 56. The van der Waals surface area contributed by atoms with Crippen LogP contribution in [0.1, 0.15) is 229 Å². The predicted octanol–water partition coefficient (Wildman–Crippen LogP) is 3.52. The number of hydrogen-bond donors (Lipinski definition) is 14. The van der Waals surface area contributed by atoms with Gasteiger partial charge in [0.25, 0.3) is 41.2 Å². The van der Waals surface area contributed by atoms with Gasteiger partial charge in [-0.3, -0.25) is 0 Å². The van der Waals surface area contributed by atoms with Crippen molar-refractivity contribution in [3.8, 4) is 41.2 Å². The smallest absolute Gasteiger partial charge is 0.270 e. The maximum absolute atomic E-state index is 10.5. The van der Waals surface area contributed by atoms with Crippen molar-refractivity contribution in [3.63, 3.8) is 0 Å². The van der Waals surface area contributed by atoms with Gasteiger partial charge in [0, 0.05) is 245 Å². The molecule has 7 atom stereocenters. The number of aliphatic hydroxyl groups excluding tert-OH is 3. The Morgan fingerprint density at radius 3 is 0.735 bits per heavy atom. The first-order chi connectivity index (χ1) is 94.4. The van der Waals surface area contributed by atoms with Crippen LogP contribution in [0.5, 0.6) is 41.2 Å². The average molecular weight is 2280 g/mol. The molecule has 7 saturated heterocycles. The fraction of sp³-hybridized carbons (Fsp3) is 0.846. The van der Waals surface area contributed by atoms with Gasteiger partial charge in [0.2, 0.25) is 40.7 Å². The maximum atomic E-state index is 10.5. The molecule has 7 aliphatic heterocycles. The Balaban J connectivity index is 0.000000289. The van der Waals surface area contributed by atoms with Crippen molar-refractivity contribution in [1.82, 2.24) is 98.4 Å². The lowest BCUT2D eigenvalue weighted by atomic mass is 10.1. The van der Waals surface area contributed by atoms with E-state index in [4.69, 9.17) is 151 Å². The zero-order valence-electron chi connectivity index (χ0n) is 143. The molecule has 0 amide bonds. The highest BCUT2D eigenvalue weighted by atomic mass is 32.1. The zero-order valence-corrected chi connectivity index (χ0v) is 86.6. The van der Waals surface area contributed by atoms with Crippen molar-refractivity contribution in [2.45, 2.75) is 226 Å². The highest BCUT2D eigenvalue weighted by Gasteiger charge is 2.31. The summed E-state index contributed by atoms with van der Waals surface area (Å²) >= 11 is 5.59. The van der Waals surface area contributed by atoms with Gasteiger partial charge in [0.1, 0.15) is 88.7 Å². The number of nitrogens with one attached hydrogen (secondary N) is 7. The fourth-order valence-electron chi connectivity index (χ4n) is 11.3. The lowest BCUT2D eigenvalue weighted by molar-refractivity contribution is 0.0974. The van der Waals surface area contributed by atoms with E-state index in [-0.39, 0.29) is 52.7 Å². The number of morpholine rings is 7. The minimum atomic E-state index is -3.83. The summed E-state index contributed by atoms with van der Waals surface area (Å²) < 4.78 is 605. The van der Waals surface area contributed by atoms with Crippen LogP contribution in [0, 0.1) is 0 Å². The Morgan fingerprint density at radius 2 is 0.456 bits per heavy atom. The van der Waals surface area contributed by atoms with Crippen molar-refractivity contribution in [2.75, 3.05) is 310 Å². The second-order valence-electron chi connectivity index (χ2n) is 32.4. The SMILES string of the molecule is [2H]C([2H])(NC(C)(C([2H])([2H])[2H])C([2H])([2H])[2H])[C@H](O)C([2H])([2H])Oc1nsnc1N1CCOCC1.[2H]C([2H])(NC(C)(C([2H])([2H])[2H])C([2H])([2H])[2H])[C@H](O)COc1nsnc1N1CCOCC1.[2H]C([2H])(Oc1nsnc1N1CCOCC1)[C@@H](O)CNC(C)(C([2H])([2H])[2H])C([2H])([2H])[2H].[2H]C([2H])([2H])C(C)(NC([2H])([2H])[C@]([2H])(O)C([2H])([2H])Oc1nsnc1N1CCOCC1)C([2H])([2H])[2H].[2H]C([2H])([2H])C(C)(NC([2H])([2H])[C@]([2H])(O)COc1nsnc1N1CCOCC1)C([2H])([2H])[2H].[2H]C([2H])([2H])C(C)(NC[C@]([2H])(O)C([2H])([2H])Oc1nsnc1N1CCOCC1)C([2H])([2H])[2H].[2H]C([2H])([2H])C(C)(NC[C@]([2H])(O)COc1nsnc1N1CCOCC1)C([2H])([2H])[2H]. The largest absolute Gasteiger partial charge is 0.472 e. The molecule has 0 bridgehead atoms. The molecule has 840 valence electrons. The molecular formula is C91H168N28O21S7. The monoisotopic (exact) mass is 2280 g/mol. The van der Waals surface area contributed by atoms with Gasteiger partial charge in [-0.2, -0.15) is 30.6 Å². The molecule has 7 fully saturated rings. The van der Waals surface area contributed by atoms with Gasteiger partial charge in [-0.05, 0) is 144 Å². The first-order valence-corrected chi connectivity index (χ1v) is 49.6. The molecule has 7 aromatic heterocycles. The molecule has 147 heavy (non-hydrogen) atoms. The highest BCUT2D eigenvalue weighted by molar-refractivity contribution is 7.01. The Kier molecular flexibility index (Phi) is 27.2. The number of aliphatic hydroxyl groups is 7. The fourth-order valence-corrected chi connectivity index (χ4v) is 14.9. The third kappa shape index (κ3) is 52.2. The summed E-state index contributed by atoms with van der Waals surface area (Å²) in [6.45, 7) is -53.4. The molecule has 0 saturated carbocycles. The molecule has 7 aromatic rings. The van der Waals surface area contributed by atoms with Crippen LogP contribution < -0.4 is 105 Å². The minimum absolute atomic E-state index is 0.0298. The first-order valence-electron chi connectivity index (χ1n) is 75.4. The second kappa shape index (κ2) is 64.4. The summed E-state index contributed by atoms with van der Waals surface area (Å²) in [5.74, 6) is 1.24. The molecule has 7 aliphatic rings. The van der Waals surface area contributed by atoms with Crippen LogP contribution in [0.2, 0.25) is 0 Å². The second-order valence-corrected chi connectivity index (χ2v) is 36.1. The molecule has 0 aromatic carbocycles. The molecule has 49 nitrogen and oxygen atoms in total. The number of nitrogens with zero attached hydrogens (tertiary/aromatic N) is 21. The van der Waals surface area contributed by atoms with Crippen LogP contribution in [-0.2, 0) is 33.2 Å². The van der Waals surface area contributed by atoms with E-state index >= 15 is 0 Å². The Labute approximate surface area is 983 Å². The van der Waals surface area contributed by atoms with Crippen molar-refractivity contribution in [1.29, 1.82) is 0 Å². The summed E-state index contributed by atoms with van der Waals surface area (Å²) in [4.78, 5) is 12.5. The normalized spacial score (nSPS) is 26.9. The lowest BCUT2D eigenvalue weighted by Crippen LogP contribution is -2.42. The highest BCUT2D eigenvalue weighted by Crippen LogP contribution is 2.34. The summed E-state index contributed by atoms with van der Waals surface area (Å²) in [5.41, 5.74) is -18.2. The molecule has 0 radical (unpaired) electrons. The van der Waals surface area contributed by atoms with Crippen LogP contribution in [-0.4, -0.2) is 454 Å². The van der Waals surface area contributed by atoms with Gasteiger partial charge in [-0.1, -0.05) is 0 Å². The van der Waals surface area contributed by atoms with Crippen LogP contribution in [0.4, 0.5) is 40.7 Å². The van der Waals surface area contributed by atoms with E-state index in [1.54, 1.807) is 25.3 Å². The van der Waals surface area contributed by atoms with E-state index < -0.39 is 275 Å². The van der Waals surface area contributed by atoms with Gasteiger partial charge in [-0.25, -0.2) is 0 Å². The molecule has 0 unspecified atom stereocenters. The van der Waals surface area contributed by atoms with Gasteiger partial charge in [0.05, 0.1) is 191 Å². The number of rotatable bonds is 42. The van der Waals surface area contributed by atoms with E-state index in [0.717, 1.165) is 112 Å². The van der Waals surface area contributed by atoms with Crippen LogP contribution in [0.15, 0.2) is 0 Å². The zero-order chi connectivity index (χ0) is 160. The van der Waals surface area contributed by atoms with Gasteiger partial charge < -0.3 is 174 Å². The number of anilines is 7. The summed E-state index contributed by atoms with van der Waals surface area (Å²) in [6.07, 6.45) is -18.6. The van der Waals surface area contributed by atoms with Gasteiger partial charge in [0.15, 0.2) is 0 Å². The van der Waals surface area contributed by atoms with Gasteiger partial charge in [-0.15, -0.1) is 30.6 Å². The van der Waals surface area contributed by atoms with Crippen molar-refractivity contribution in [3.05, 3.63) is 0 Å². The van der Waals surface area contributed by atoms with E-state index in [1.165, 1.54) is 0 Å². The Hall–Kier alpha value is -6.72. The molecule has 14 N–H and O–H groups in total. The van der Waals surface area contributed by atoms with E-state index in [0.29, 0.717) is 226 Å². The van der Waals surface area contributed by atoms with E-state index in [9.17, 15) is 35.7 Å². The quantitative estimate of drug-likeness (QED) is 0.0260. The Bertz CT molecular complexity index is 7220. The molecule has 0 spiro atoms. The van der Waals surface area contributed by atoms with Crippen molar-refractivity contribution >= 4 is 123 Å². The lowest BCUT2D eigenvalue weighted by Gasteiger charge is -2.27. The summed E-state index contributed by atoms with van der Waals surface area (Å²) in [6, 6.07) is 0. The van der Waals surface area contributed by atoms with Crippen LogP contribution in [0.3, 0.4) is 0 Å². The van der Waals surface area contributed by atoms with E-state index in [1.807, 2.05) is 30.2 Å². The molecule has 14 heterocycles. The first kappa shape index (κ1) is 62.1. The molecule has 0 aliphatic carbocycles. The summed E-state index contributed by atoms with van der Waals surface area (Å²) in [5, 5.41) is 86.5. The Morgan fingerprint density at radius 1 is 0.252 bits per heavy atom. The molecular weight excluding hydrogens is 2050 g/mol. The van der Waals surface area contributed by atoms with Crippen molar-refractivity contribution in [2.24, 2.45) is 0 Å².